The monoisotopic (exact) mass is 234 g/mol. The summed E-state index contributed by atoms with van der Waals surface area (Å²) in [5.74, 6) is 2.05. The molecule has 2 bridgehead atoms. The zero-order chi connectivity index (χ0) is 11.6. The molecule has 0 unspecified atom stereocenters. The van der Waals surface area contributed by atoms with E-state index in [9.17, 15) is 4.79 Å². The summed E-state index contributed by atoms with van der Waals surface area (Å²) in [5, 5.41) is 2.73. The largest absolute Gasteiger partial charge is 0.429 e. The molecule has 3 heterocycles. The van der Waals surface area contributed by atoms with E-state index >= 15 is 0 Å². The number of aromatic nitrogens is 1. The molecule has 2 saturated heterocycles. The number of hydrogen-bond donors (Lipinski definition) is 1. The first kappa shape index (κ1) is 9.65. The molecule has 1 aliphatic carbocycles. The van der Waals surface area contributed by atoms with E-state index in [4.69, 9.17) is 9.15 Å². The van der Waals surface area contributed by atoms with Gasteiger partial charge in [-0.3, -0.25) is 10.1 Å². The van der Waals surface area contributed by atoms with Gasteiger partial charge in [-0.25, -0.2) is 4.98 Å². The molecule has 3 fully saturated rings. The molecule has 0 radical (unpaired) electrons. The molecule has 1 aromatic heterocycles. The van der Waals surface area contributed by atoms with Crippen LogP contribution in [0.25, 0.3) is 0 Å². The first-order chi connectivity index (χ1) is 8.22. The zero-order valence-corrected chi connectivity index (χ0v) is 9.55. The van der Waals surface area contributed by atoms with E-state index in [1.54, 1.807) is 13.1 Å². The number of fused-ring (bicyclic) bond motifs is 5. The Labute approximate surface area is 98.5 Å². The molecule has 17 heavy (non-hydrogen) atoms. The summed E-state index contributed by atoms with van der Waals surface area (Å²) in [4.78, 5) is 16.1. The summed E-state index contributed by atoms with van der Waals surface area (Å²) in [7, 11) is 0. The molecule has 1 saturated carbocycles. The number of hydrogen-bond acceptors (Lipinski definition) is 4. The molecular weight excluding hydrogens is 220 g/mol. The van der Waals surface area contributed by atoms with Crippen LogP contribution in [-0.4, -0.2) is 23.1 Å². The van der Waals surface area contributed by atoms with Crippen molar-refractivity contribution in [2.24, 2.45) is 17.8 Å². The van der Waals surface area contributed by atoms with Crippen molar-refractivity contribution in [3.63, 3.8) is 0 Å². The van der Waals surface area contributed by atoms with E-state index in [1.165, 1.54) is 6.42 Å². The van der Waals surface area contributed by atoms with Crippen molar-refractivity contribution < 1.29 is 13.9 Å². The SMILES string of the molecule is Cc1cnc(NC(=O)[C@@H]2C[C@@H]3O[C@H]2[C@H]2C[C@H]23)o1. The van der Waals surface area contributed by atoms with Crippen LogP contribution in [0.1, 0.15) is 18.6 Å². The Hall–Kier alpha value is -1.36. The van der Waals surface area contributed by atoms with Crippen LogP contribution in [0.5, 0.6) is 0 Å². The van der Waals surface area contributed by atoms with Gasteiger partial charge in [0, 0.05) is 0 Å². The lowest BCUT2D eigenvalue weighted by Crippen LogP contribution is -2.32. The van der Waals surface area contributed by atoms with Gasteiger partial charge in [0.2, 0.25) is 5.91 Å². The summed E-state index contributed by atoms with van der Waals surface area (Å²) in [6, 6.07) is 0.294. The second-order valence-corrected chi connectivity index (χ2v) is 5.31. The molecule has 4 rings (SSSR count). The molecular formula is C12H14N2O3. The number of carbonyl (C=O) groups is 1. The number of ether oxygens (including phenoxy) is 1. The minimum atomic E-state index is -0.0176. The molecule has 1 amide bonds. The quantitative estimate of drug-likeness (QED) is 0.838. The van der Waals surface area contributed by atoms with Crippen molar-refractivity contribution in [3.05, 3.63) is 12.0 Å². The fourth-order valence-electron chi connectivity index (χ4n) is 3.32. The van der Waals surface area contributed by atoms with Gasteiger partial charge >= 0.3 is 6.01 Å². The van der Waals surface area contributed by atoms with Crippen molar-refractivity contribution in [1.82, 2.24) is 4.98 Å². The third-order valence-corrected chi connectivity index (χ3v) is 4.19. The Balaban J connectivity index is 1.47. The van der Waals surface area contributed by atoms with Crippen molar-refractivity contribution in [3.8, 4) is 0 Å². The Bertz CT molecular complexity index is 484. The number of amides is 1. The maximum absolute atomic E-state index is 12.1. The minimum Gasteiger partial charge on any atom is -0.429 e. The molecule has 3 aliphatic rings. The van der Waals surface area contributed by atoms with E-state index < -0.39 is 0 Å². The second kappa shape index (κ2) is 3.10. The maximum atomic E-state index is 12.1. The van der Waals surface area contributed by atoms with Crippen molar-refractivity contribution in [2.45, 2.75) is 32.0 Å². The highest BCUT2D eigenvalue weighted by Gasteiger charge is 2.64. The van der Waals surface area contributed by atoms with Gasteiger partial charge in [-0.2, -0.15) is 0 Å². The van der Waals surface area contributed by atoms with Gasteiger partial charge in [-0.15, -0.1) is 0 Å². The lowest BCUT2D eigenvalue weighted by atomic mass is 9.88. The van der Waals surface area contributed by atoms with Crippen LogP contribution in [0.4, 0.5) is 6.01 Å². The van der Waals surface area contributed by atoms with E-state index in [0.717, 1.165) is 12.3 Å². The maximum Gasteiger partial charge on any atom is 0.301 e. The lowest BCUT2D eigenvalue weighted by Gasteiger charge is -2.16. The number of aryl methyl sites for hydroxylation is 1. The van der Waals surface area contributed by atoms with Gasteiger partial charge in [-0.05, 0) is 31.6 Å². The Kier molecular flexibility index (Phi) is 1.76. The number of anilines is 1. The third-order valence-electron chi connectivity index (χ3n) is 4.19. The molecule has 0 spiro atoms. The molecule has 5 heteroatoms. The molecule has 0 aromatic carbocycles. The molecule has 5 atom stereocenters. The summed E-state index contributed by atoms with van der Waals surface area (Å²) in [6.07, 6.45) is 4.17. The first-order valence-corrected chi connectivity index (χ1v) is 6.11. The second-order valence-electron chi connectivity index (χ2n) is 5.31. The van der Waals surface area contributed by atoms with Crippen LogP contribution in [0, 0.1) is 24.7 Å². The zero-order valence-electron chi connectivity index (χ0n) is 9.55. The van der Waals surface area contributed by atoms with Crippen molar-refractivity contribution >= 4 is 11.9 Å². The van der Waals surface area contributed by atoms with Gasteiger partial charge in [-0.1, -0.05) is 0 Å². The predicted octanol–water partition coefficient (Wildman–Crippen LogP) is 1.34. The number of nitrogens with one attached hydrogen (secondary N) is 1. The summed E-state index contributed by atoms with van der Waals surface area (Å²) in [5.41, 5.74) is 0. The summed E-state index contributed by atoms with van der Waals surface area (Å²) < 4.78 is 11.0. The Morgan fingerprint density at radius 3 is 3.00 bits per heavy atom. The predicted molar refractivity (Wildman–Crippen MR) is 58.2 cm³/mol. The standard InChI is InChI=1S/C12H14N2O3/c1-5-4-13-12(16-5)14-11(15)8-3-9-6-2-7(6)10(8)17-9/h4,6-10H,2-3H2,1H3,(H,13,14,15)/t6-,7+,8-,9+,10+/m1/s1. The van der Waals surface area contributed by atoms with Gasteiger partial charge in [0.25, 0.3) is 0 Å². The molecule has 1 aromatic rings. The highest BCUT2D eigenvalue weighted by molar-refractivity contribution is 5.91. The van der Waals surface area contributed by atoms with Crippen molar-refractivity contribution in [1.29, 1.82) is 0 Å². The van der Waals surface area contributed by atoms with Crippen LogP contribution in [0.3, 0.4) is 0 Å². The van der Waals surface area contributed by atoms with Crippen LogP contribution in [-0.2, 0) is 9.53 Å². The highest BCUT2D eigenvalue weighted by atomic mass is 16.5. The van der Waals surface area contributed by atoms with E-state index in [0.29, 0.717) is 23.8 Å². The van der Waals surface area contributed by atoms with Gasteiger partial charge in [0.1, 0.15) is 5.76 Å². The van der Waals surface area contributed by atoms with E-state index in [1.807, 2.05) is 0 Å². The molecule has 1 N–H and O–H groups in total. The molecule has 2 aliphatic heterocycles. The Morgan fingerprint density at radius 2 is 2.35 bits per heavy atom. The minimum absolute atomic E-state index is 0.00954. The average Bonchev–Trinajstić information content (AvgIpc) is 2.68. The van der Waals surface area contributed by atoms with Gasteiger partial charge in [0.15, 0.2) is 0 Å². The smallest absolute Gasteiger partial charge is 0.301 e. The van der Waals surface area contributed by atoms with Gasteiger partial charge in [0.05, 0.1) is 24.3 Å². The van der Waals surface area contributed by atoms with Crippen LogP contribution >= 0.6 is 0 Å². The third kappa shape index (κ3) is 1.35. The molecule has 90 valence electrons. The number of oxazole rings is 1. The number of rotatable bonds is 2. The average molecular weight is 234 g/mol. The van der Waals surface area contributed by atoms with E-state index in [2.05, 4.69) is 10.3 Å². The molecule has 5 nitrogen and oxygen atoms in total. The van der Waals surface area contributed by atoms with E-state index in [-0.39, 0.29) is 17.9 Å². The van der Waals surface area contributed by atoms with Crippen LogP contribution in [0.15, 0.2) is 10.6 Å². The first-order valence-electron chi connectivity index (χ1n) is 6.11. The number of nitrogens with zero attached hydrogens (tertiary/aromatic N) is 1. The number of carbonyl (C=O) groups excluding carboxylic acids is 1. The van der Waals surface area contributed by atoms with Crippen molar-refractivity contribution in [2.75, 3.05) is 5.32 Å². The summed E-state index contributed by atoms with van der Waals surface area (Å²) >= 11 is 0. The fourth-order valence-corrected chi connectivity index (χ4v) is 3.32. The fraction of sp³-hybridized carbons (Fsp3) is 0.667. The highest BCUT2D eigenvalue weighted by Crippen LogP contribution is 2.60. The Morgan fingerprint density at radius 1 is 1.47 bits per heavy atom. The van der Waals surface area contributed by atoms with Gasteiger partial charge < -0.3 is 9.15 Å². The topological polar surface area (TPSA) is 64.4 Å². The van der Waals surface area contributed by atoms with Crippen LogP contribution in [0.2, 0.25) is 0 Å². The van der Waals surface area contributed by atoms with Crippen LogP contribution < -0.4 is 5.32 Å². The summed E-state index contributed by atoms with van der Waals surface area (Å²) in [6.45, 7) is 1.80. The lowest BCUT2D eigenvalue weighted by molar-refractivity contribution is -0.121. The normalized spacial score (nSPS) is 41.4.